The molecule has 1 aliphatic heterocycles. The first-order valence-electron chi connectivity index (χ1n) is 10.1. The first-order valence-corrected chi connectivity index (χ1v) is 12.0. The van der Waals surface area contributed by atoms with Crippen molar-refractivity contribution in [3.05, 3.63) is 54.3 Å². The molecule has 1 aromatic carbocycles. The van der Waals surface area contributed by atoms with Crippen LogP contribution in [0, 0.1) is 0 Å². The summed E-state index contributed by atoms with van der Waals surface area (Å²) in [6.45, 7) is 8.39. The van der Waals surface area contributed by atoms with Gasteiger partial charge in [-0.3, -0.25) is 4.90 Å². The molecule has 0 unspecified atom stereocenters. The second-order valence-corrected chi connectivity index (χ2v) is 10.8. The maximum Gasteiger partial charge on any atom is 0.240 e. The van der Waals surface area contributed by atoms with Gasteiger partial charge >= 0.3 is 0 Å². The van der Waals surface area contributed by atoms with Gasteiger partial charge in [0.2, 0.25) is 5.89 Å². The van der Waals surface area contributed by atoms with Crippen LogP contribution in [0.2, 0.25) is 0 Å². The van der Waals surface area contributed by atoms with Crippen LogP contribution in [-0.2, 0) is 21.8 Å². The van der Waals surface area contributed by atoms with Crippen molar-refractivity contribution in [1.29, 1.82) is 0 Å². The Labute approximate surface area is 182 Å². The second-order valence-electron chi connectivity index (χ2n) is 8.88. The Balaban J connectivity index is 1.29. The van der Waals surface area contributed by atoms with Gasteiger partial charge in [0.05, 0.1) is 6.54 Å². The molecule has 0 amide bonds. The van der Waals surface area contributed by atoms with Gasteiger partial charge in [0.1, 0.15) is 11.9 Å². The highest BCUT2D eigenvalue weighted by Crippen LogP contribution is 2.25. The minimum atomic E-state index is -3.30. The van der Waals surface area contributed by atoms with Crippen LogP contribution in [0.1, 0.15) is 32.5 Å². The number of ether oxygens (including phenoxy) is 1. The fourth-order valence-corrected chi connectivity index (χ4v) is 3.79. The van der Waals surface area contributed by atoms with E-state index in [0.29, 0.717) is 12.4 Å². The lowest BCUT2D eigenvalue weighted by molar-refractivity contribution is 0.00864. The van der Waals surface area contributed by atoms with Crippen molar-refractivity contribution in [2.24, 2.45) is 0 Å². The topological polar surface area (TPSA) is 98.4 Å². The molecule has 1 aliphatic rings. The third-order valence-corrected chi connectivity index (χ3v) is 6.03. The normalized spacial score (nSPS) is 15.6. The largest absolute Gasteiger partial charge is 0.488 e. The molecule has 0 spiro atoms. The fraction of sp³-hybridized carbons (Fsp3) is 0.409. The number of sulfone groups is 1. The Morgan fingerprint density at radius 1 is 1.10 bits per heavy atom. The molecular weight excluding hydrogens is 416 g/mol. The maximum atomic E-state index is 11.5. The molecule has 0 radical (unpaired) electrons. The van der Waals surface area contributed by atoms with E-state index in [1.807, 2.05) is 24.3 Å². The highest BCUT2D eigenvalue weighted by Gasteiger charge is 2.30. The molecule has 31 heavy (non-hydrogen) atoms. The van der Waals surface area contributed by atoms with E-state index < -0.39 is 9.84 Å². The second kappa shape index (κ2) is 8.05. The van der Waals surface area contributed by atoms with Gasteiger partial charge in [-0.25, -0.2) is 13.4 Å². The molecule has 1 fully saturated rings. The molecule has 0 aliphatic carbocycles. The van der Waals surface area contributed by atoms with Gasteiger partial charge in [0.15, 0.2) is 20.7 Å². The third-order valence-electron chi connectivity index (χ3n) is 5.03. The number of benzene rings is 1. The molecule has 9 heteroatoms. The smallest absolute Gasteiger partial charge is 0.240 e. The molecule has 1 saturated heterocycles. The quantitative estimate of drug-likeness (QED) is 0.574. The molecule has 0 N–H and O–H groups in total. The molecule has 4 rings (SSSR count). The molecule has 0 atom stereocenters. The van der Waals surface area contributed by atoms with Crippen molar-refractivity contribution in [2.75, 3.05) is 19.3 Å². The molecule has 0 bridgehead atoms. The number of pyridine rings is 1. The average Bonchev–Trinajstić information content (AvgIpc) is 3.15. The van der Waals surface area contributed by atoms with Crippen LogP contribution in [0.4, 0.5) is 0 Å². The summed E-state index contributed by atoms with van der Waals surface area (Å²) in [6.07, 6.45) is 2.83. The molecule has 164 valence electrons. The summed E-state index contributed by atoms with van der Waals surface area (Å²) in [7, 11) is -3.30. The number of hydrogen-bond donors (Lipinski definition) is 0. The summed E-state index contributed by atoms with van der Waals surface area (Å²) in [5, 5.41) is 4.13. The third kappa shape index (κ3) is 5.11. The first kappa shape index (κ1) is 21.5. The number of likely N-dealkylation sites (tertiary alicyclic amines) is 1. The lowest BCUT2D eigenvalue weighted by Gasteiger charge is -2.38. The van der Waals surface area contributed by atoms with E-state index in [9.17, 15) is 8.42 Å². The molecule has 3 aromatic rings. The molecule has 8 nitrogen and oxygen atoms in total. The number of aromatic nitrogens is 3. The van der Waals surface area contributed by atoms with Gasteiger partial charge in [0, 0.05) is 36.5 Å². The van der Waals surface area contributed by atoms with Crippen molar-refractivity contribution >= 4 is 9.84 Å². The fourth-order valence-electron chi connectivity index (χ4n) is 3.23. The van der Waals surface area contributed by atoms with E-state index in [0.717, 1.165) is 42.0 Å². The maximum absolute atomic E-state index is 11.5. The minimum absolute atomic E-state index is 0.0703. The summed E-state index contributed by atoms with van der Waals surface area (Å²) in [5.41, 5.74) is 1.67. The standard InChI is InChI=1S/C22H26N4O4S/c1-22(2,3)21-24-19(30-25-21)14-26-12-18(13-26)29-17-8-5-15(6-9-17)16-7-10-20(23-11-16)31(4,27)28/h5-11,18H,12-14H2,1-4H3. The van der Waals surface area contributed by atoms with Gasteiger partial charge in [-0.15, -0.1) is 0 Å². The van der Waals surface area contributed by atoms with Crippen LogP contribution in [0.5, 0.6) is 5.75 Å². The molecule has 3 heterocycles. The van der Waals surface area contributed by atoms with Crippen LogP contribution < -0.4 is 4.74 Å². The minimum Gasteiger partial charge on any atom is -0.488 e. The lowest BCUT2D eigenvalue weighted by atomic mass is 9.96. The summed E-state index contributed by atoms with van der Waals surface area (Å²) in [5.74, 6) is 2.14. The summed E-state index contributed by atoms with van der Waals surface area (Å²) in [4.78, 5) is 10.7. The van der Waals surface area contributed by atoms with Crippen molar-refractivity contribution in [1.82, 2.24) is 20.0 Å². The van der Waals surface area contributed by atoms with Crippen LogP contribution in [0.15, 0.2) is 52.1 Å². The van der Waals surface area contributed by atoms with Crippen LogP contribution in [0.25, 0.3) is 11.1 Å². The van der Waals surface area contributed by atoms with E-state index in [1.54, 1.807) is 12.3 Å². The number of nitrogens with zero attached hydrogens (tertiary/aromatic N) is 4. The van der Waals surface area contributed by atoms with Crippen molar-refractivity contribution in [3.8, 4) is 16.9 Å². The molecule has 2 aromatic heterocycles. The Kier molecular flexibility index (Phi) is 5.57. The highest BCUT2D eigenvalue weighted by atomic mass is 32.2. The predicted octanol–water partition coefficient (Wildman–Crippen LogP) is 3.10. The van der Waals surface area contributed by atoms with Crippen LogP contribution in [-0.4, -0.2) is 53.9 Å². The SMILES string of the molecule is CC(C)(C)c1noc(CN2CC(Oc3ccc(-c4ccc(S(C)(=O)=O)nc4)cc3)C2)n1. The summed E-state index contributed by atoms with van der Waals surface area (Å²) in [6, 6.07) is 11.0. The number of rotatable bonds is 6. The van der Waals surface area contributed by atoms with E-state index in [-0.39, 0.29) is 16.5 Å². The van der Waals surface area contributed by atoms with Gasteiger partial charge in [-0.1, -0.05) is 38.1 Å². The van der Waals surface area contributed by atoms with Gasteiger partial charge in [0.25, 0.3) is 0 Å². The van der Waals surface area contributed by atoms with Gasteiger partial charge < -0.3 is 9.26 Å². The van der Waals surface area contributed by atoms with Crippen LogP contribution in [0.3, 0.4) is 0 Å². The summed E-state index contributed by atoms with van der Waals surface area (Å²) >= 11 is 0. The van der Waals surface area contributed by atoms with E-state index in [4.69, 9.17) is 9.26 Å². The molecular formula is C22H26N4O4S. The van der Waals surface area contributed by atoms with E-state index in [1.165, 1.54) is 6.07 Å². The van der Waals surface area contributed by atoms with Crippen molar-refractivity contribution in [3.63, 3.8) is 0 Å². The van der Waals surface area contributed by atoms with E-state index in [2.05, 4.69) is 40.8 Å². The Morgan fingerprint density at radius 2 is 1.77 bits per heavy atom. The zero-order valence-corrected chi connectivity index (χ0v) is 18.9. The van der Waals surface area contributed by atoms with Crippen LogP contribution >= 0.6 is 0 Å². The zero-order chi connectivity index (χ0) is 22.2. The zero-order valence-electron chi connectivity index (χ0n) is 18.1. The first-order chi connectivity index (χ1) is 14.6. The predicted molar refractivity (Wildman–Crippen MR) is 115 cm³/mol. The molecule has 0 saturated carbocycles. The van der Waals surface area contributed by atoms with Crippen molar-refractivity contribution < 1.29 is 17.7 Å². The van der Waals surface area contributed by atoms with Gasteiger partial charge in [-0.05, 0) is 29.8 Å². The number of hydrogen-bond acceptors (Lipinski definition) is 8. The lowest BCUT2D eigenvalue weighted by Crippen LogP contribution is -2.53. The average molecular weight is 443 g/mol. The van der Waals surface area contributed by atoms with Gasteiger partial charge in [-0.2, -0.15) is 4.98 Å². The monoisotopic (exact) mass is 442 g/mol. The highest BCUT2D eigenvalue weighted by molar-refractivity contribution is 7.90. The summed E-state index contributed by atoms with van der Waals surface area (Å²) < 4.78 is 34.4. The Bertz CT molecular complexity index is 1140. The van der Waals surface area contributed by atoms with E-state index >= 15 is 0 Å². The Hall–Kier alpha value is -2.78. The Morgan fingerprint density at radius 3 is 2.32 bits per heavy atom. The van der Waals surface area contributed by atoms with Crippen molar-refractivity contribution in [2.45, 2.75) is 43.9 Å².